The fourth-order valence-electron chi connectivity index (χ4n) is 1.03. The van der Waals surface area contributed by atoms with Gasteiger partial charge in [0.05, 0.1) is 34.9 Å². The Kier molecular flexibility index (Phi) is 7.72. The number of carbonyl (C=O) groups is 2. The van der Waals surface area contributed by atoms with E-state index >= 15 is 0 Å². The van der Waals surface area contributed by atoms with Gasteiger partial charge in [0.25, 0.3) is 0 Å². The second-order valence-corrected chi connectivity index (χ2v) is 4.84. The second kappa shape index (κ2) is 8.17. The summed E-state index contributed by atoms with van der Waals surface area (Å²) in [7, 11) is 0.0777. The van der Waals surface area contributed by atoms with Crippen molar-refractivity contribution < 1.29 is 42.8 Å². The van der Waals surface area contributed by atoms with E-state index in [4.69, 9.17) is 0 Å². The summed E-state index contributed by atoms with van der Waals surface area (Å²) in [5.74, 6) is -1.79. The van der Waals surface area contributed by atoms with Crippen LogP contribution in [0.15, 0.2) is 0 Å². The average molecular weight is 286 g/mol. The van der Waals surface area contributed by atoms with Gasteiger partial charge in [0.15, 0.2) is 5.66 Å². The molecule has 0 amide bonds. The van der Waals surface area contributed by atoms with E-state index in [-0.39, 0.29) is 0 Å². The molecular formula is C8H15O9P. The number of carbonyl (C=O) groups excluding carboxylic acids is 2. The zero-order valence-electron chi connectivity index (χ0n) is 10.4. The Balaban J connectivity index is 5.16. The lowest BCUT2D eigenvalue weighted by Gasteiger charge is -2.20. The third-order valence-electron chi connectivity index (χ3n) is 1.80. The van der Waals surface area contributed by atoms with Gasteiger partial charge in [0.2, 0.25) is 0 Å². The Morgan fingerprint density at radius 3 is 1.83 bits per heavy atom. The van der Waals surface area contributed by atoms with Crippen LogP contribution in [-0.4, -0.2) is 46.0 Å². The molecule has 0 aromatic carbocycles. The summed E-state index contributed by atoms with van der Waals surface area (Å²) in [5, 5.41) is 0. The lowest BCUT2D eigenvalue weighted by atomic mass is 10.3. The minimum absolute atomic E-state index is 0.576. The van der Waals surface area contributed by atoms with Gasteiger partial charge in [-0.25, -0.2) is 9.78 Å². The van der Waals surface area contributed by atoms with Gasteiger partial charge in [-0.3, -0.25) is 14.2 Å². The molecule has 1 atom stereocenters. The maximum absolute atomic E-state index is 12.2. The molecule has 1 unspecified atom stereocenters. The predicted molar refractivity (Wildman–Crippen MR) is 56.2 cm³/mol. The highest BCUT2D eigenvalue weighted by atomic mass is 31.2. The first-order chi connectivity index (χ1) is 8.45. The monoisotopic (exact) mass is 286 g/mol. The third kappa shape index (κ3) is 4.71. The van der Waals surface area contributed by atoms with E-state index in [0.717, 1.165) is 28.4 Å². The van der Waals surface area contributed by atoms with Gasteiger partial charge >= 0.3 is 19.5 Å². The number of ether oxygens (including phenoxy) is 2. The first kappa shape index (κ1) is 17.0. The number of methoxy groups -OCH3 is 2. The SMILES string of the molecule is COOP(=O)(OOC)C(CC(=O)OC)C(=O)OC. The Morgan fingerprint density at radius 1 is 1.00 bits per heavy atom. The lowest BCUT2D eigenvalue weighted by molar-refractivity contribution is -0.244. The van der Waals surface area contributed by atoms with Crippen LogP contribution < -0.4 is 0 Å². The minimum Gasteiger partial charge on any atom is -0.469 e. The highest BCUT2D eigenvalue weighted by molar-refractivity contribution is 7.55. The summed E-state index contributed by atoms with van der Waals surface area (Å²) in [6, 6.07) is 0. The predicted octanol–water partition coefficient (Wildman–Crippen LogP) is 0.440. The van der Waals surface area contributed by atoms with Crippen LogP contribution in [0.25, 0.3) is 0 Å². The van der Waals surface area contributed by atoms with Crippen LogP contribution in [-0.2, 0) is 42.8 Å². The molecule has 0 radical (unpaired) electrons. The first-order valence-electron chi connectivity index (χ1n) is 4.64. The minimum atomic E-state index is -4.19. The van der Waals surface area contributed by atoms with E-state index in [1.807, 2.05) is 0 Å². The van der Waals surface area contributed by atoms with Gasteiger partial charge in [-0.1, -0.05) is 0 Å². The van der Waals surface area contributed by atoms with Crippen LogP contribution in [0.2, 0.25) is 0 Å². The van der Waals surface area contributed by atoms with Gasteiger partial charge in [0.1, 0.15) is 0 Å². The summed E-state index contributed by atoms with van der Waals surface area (Å²) in [4.78, 5) is 31.1. The van der Waals surface area contributed by atoms with Crippen LogP contribution in [0, 0.1) is 0 Å². The molecule has 0 aliphatic heterocycles. The first-order valence-corrected chi connectivity index (χ1v) is 6.25. The fourth-order valence-corrected chi connectivity index (χ4v) is 2.41. The third-order valence-corrected chi connectivity index (χ3v) is 3.67. The van der Waals surface area contributed by atoms with Gasteiger partial charge in [-0.05, 0) is 0 Å². The number of hydrogen-bond acceptors (Lipinski definition) is 9. The summed E-state index contributed by atoms with van der Waals surface area (Å²) < 4.78 is 29.7. The maximum atomic E-state index is 12.2. The molecule has 10 heteroatoms. The number of rotatable bonds is 8. The molecule has 0 aromatic rings. The molecule has 0 aromatic heterocycles. The van der Waals surface area contributed by atoms with E-state index in [9.17, 15) is 14.2 Å². The Bertz CT molecular complexity index is 319. The molecule has 0 saturated heterocycles. The maximum Gasteiger partial charge on any atom is 0.398 e. The normalized spacial score (nSPS) is 12.9. The molecule has 0 N–H and O–H groups in total. The molecule has 106 valence electrons. The van der Waals surface area contributed by atoms with Crippen LogP contribution >= 0.6 is 7.60 Å². The van der Waals surface area contributed by atoms with Crippen molar-refractivity contribution in [3.8, 4) is 0 Å². The molecule has 0 saturated carbocycles. The smallest absolute Gasteiger partial charge is 0.398 e. The highest BCUT2D eigenvalue weighted by Crippen LogP contribution is 2.54. The van der Waals surface area contributed by atoms with Crippen molar-refractivity contribution in [1.82, 2.24) is 0 Å². The van der Waals surface area contributed by atoms with Crippen LogP contribution in [0.4, 0.5) is 0 Å². The van der Waals surface area contributed by atoms with Crippen molar-refractivity contribution in [3.63, 3.8) is 0 Å². The van der Waals surface area contributed by atoms with Gasteiger partial charge in [0, 0.05) is 0 Å². The molecule has 0 bridgehead atoms. The quantitative estimate of drug-likeness (QED) is 0.272. The standard InChI is InChI=1S/C8H15O9P/c1-12-7(9)5-6(8(10)13-2)18(11,16-14-3)17-15-4/h6H,5H2,1-4H3. The van der Waals surface area contributed by atoms with E-state index in [1.54, 1.807) is 0 Å². The Labute approximate surface area is 104 Å². The van der Waals surface area contributed by atoms with Gasteiger partial charge in [-0.2, -0.15) is 0 Å². The van der Waals surface area contributed by atoms with Crippen molar-refractivity contribution in [2.75, 3.05) is 28.4 Å². The second-order valence-electron chi connectivity index (χ2n) is 2.84. The fraction of sp³-hybridized carbons (Fsp3) is 0.750. The van der Waals surface area contributed by atoms with Crippen LogP contribution in [0.1, 0.15) is 6.42 Å². The summed E-state index contributed by atoms with van der Waals surface area (Å²) in [5.41, 5.74) is -1.56. The summed E-state index contributed by atoms with van der Waals surface area (Å²) in [6.45, 7) is 0. The van der Waals surface area contributed by atoms with Crippen molar-refractivity contribution in [2.24, 2.45) is 0 Å². The largest absolute Gasteiger partial charge is 0.469 e. The average Bonchev–Trinajstić information content (AvgIpc) is 2.35. The van der Waals surface area contributed by atoms with E-state index in [1.165, 1.54) is 0 Å². The molecule has 0 spiro atoms. The van der Waals surface area contributed by atoms with Crippen LogP contribution in [0.5, 0.6) is 0 Å². The van der Waals surface area contributed by atoms with Crippen molar-refractivity contribution in [1.29, 1.82) is 0 Å². The summed E-state index contributed by atoms with van der Waals surface area (Å²) in [6.07, 6.45) is -0.576. The number of esters is 2. The molecule has 0 aliphatic carbocycles. The van der Waals surface area contributed by atoms with Gasteiger partial charge < -0.3 is 9.47 Å². The zero-order valence-corrected chi connectivity index (χ0v) is 11.3. The van der Waals surface area contributed by atoms with Crippen molar-refractivity contribution >= 4 is 19.5 Å². The topological polar surface area (TPSA) is 107 Å². The highest BCUT2D eigenvalue weighted by Gasteiger charge is 2.46. The van der Waals surface area contributed by atoms with E-state index in [0.29, 0.717) is 0 Å². The molecule has 0 rings (SSSR count). The van der Waals surface area contributed by atoms with E-state index in [2.05, 4.69) is 28.6 Å². The van der Waals surface area contributed by atoms with Crippen molar-refractivity contribution in [3.05, 3.63) is 0 Å². The van der Waals surface area contributed by atoms with Crippen LogP contribution in [0.3, 0.4) is 0 Å². The molecule has 0 aliphatic rings. The Hall–Kier alpha value is -0.990. The molecular weight excluding hydrogens is 271 g/mol. The molecule has 9 nitrogen and oxygen atoms in total. The summed E-state index contributed by atoms with van der Waals surface area (Å²) >= 11 is 0. The van der Waals surface area contributed by atoms with Gasteiger partial charge in [-0.15, -0.1) is 9.35 Å². The van der Waals surface area contributed by atoms with Crippen molar-refractivity contribution in [2.45, 2.75) is 12.1 Å². The molecule has 0 heterocycles. The molecule has 0 fully saturated rings. The molecule has 18 heavy (non-hydrogen) atoms. The number of hydrogen-bond donors (Lipinski definition) is 0. The lowest BCUT2D eigenvalue weighted by Crippen LogP contribution is -2.28. The Morgan fingerprint density at radius 2 is 1.50 bits per heavy atom. The van der Waals surface area contributed by atoms with E-state index < -0.39 is 31.6 Å². The zero-order chi connectivity index (χ0) is 14.2.